The number of nitro groups is 1. The van der Waals surface area contributed by atoms with E-state index in [1.807, 2.05) is 0 Å². The van der Waals surface area contributed by atoms with Crippen molar-refractivity contribution in [2.24, 2.45) is 0 Å². The molecule has 0 aliphatic rings. The van der Waals surface area contributed by atoms with Crippen LogP contribution in [0.2, 0.25) is 5.02 Å². The molecular weight excluding hydrogens is 296 g/mol. The van der Waals surface area contributed by atoms with Gasteiger partial charge in [0.15, 0.2) is 0 Å². The highest BCUT2D eigenvalue weighted by molar-refractivity contribution is 6.31. The van der Waals surface area contributed by atoms with Crippen LogP contribution >= 0.6 is 11.6 Å². The molecule has 0 spiro atoms. The Kier molecular flexibility index (Phi) is 4.34. The van der Waals surface area contributed by atoms with Crippen LogP contribution in [0.3, 0.4) is 0 Å². The second-order valence-corrected chi connectivity index (χ2v) is 4.49. The largest absolute Gasteiger partial charge is 0.373 e. The minimum atomic E-state index is -0.653. The summed E-state index contributed by atoms with van der Waals surface area (Å²) in [6.07, 6.45) is 1.04. The Morgan fingerprint density at radius 2 is 2.14 bits per heavy atom. The lowest BCUT2D eigenvalue weighted by molar-refractivity contribution is -0.385. The Balaban J connectivity index is 2.35. The molecule has 0 saturated heterocycles. The van der Waals surface area contributed by atoms with Gasteiger partial charge in [0.1, 0.15) is 17.6 Å². The van der Waals surface area contributed by atoms with Crippen LogP contribution in [0.15, 0.2) is 36.5 Å². The maximum Gasteiger partial charge on any atom is 0.300 e. The predicted molar refractivity (Wildman–Crippen MR) is 79.8 cm³/mol. The third kappa shape index (κ3) is 3.46. The molecule has 2 rings (SSSR count). The second-order valence-electron chi connectivity index (χ2n) is 4.06. The van der Waals surface area contributed by atoms with Crippen molar-refractivity contribution < 1.29 is 9.72 Å². The molecule has 2 aromatic rings. The van der Waals surface area contributed by atoms with Crippen LogP contribution in [-0.4, -0.2) is 22.9 Å². The summed E-state index contributed by atoms with van der Waals surface area (Å²) in [7, 11) is 1.60. The van der Waals surface area contributed by atoms with E-state index in [4.69, 9.17) is 11.6 Å². The number of nitrogens with zero attached hydrogens (tertiary/aromatic N) is 2. The fourth-order valence-corrected chi connectivity index (χ4v) is 1.87. The Labute approximate surface area is 125 Å². The summed E-state index contributed by atoms with van der Waals surface area (Å²) in [6.45, 7) is 0. The van der Waals surface area contributed by atoms with E-state index in [0.717, 1.165) is 6.20 Å². The molecule has 0 bridgehead atoms. The van der Waals surface area contributed by atoms with E-state index in [9.17, 15) is 14.9 Å². The zero-order valence-corrected chi connectivity index (χ0v) is 11.7. The van der Waals surface area contributed by atoms with E-state index < -0.39 is 10.8 Å². The van der Waals surface area contributed by atoms with Crippen molar-refractivity contribution in [1.82, 2.24) is 4.98 Å². The molecule has 21 heavy (non-hydrogen) atoms. The lowest BCUT2D eigenvalue weighted by Gasteiger charge is -2.07. The van der Waals surface area contributed by atoms with E-state index in [1.165, 1.54) is 6.07 Å². The van der Waals surface area contributed by atoms with Gasteiger partial charge in [0, 0.05) is 23.8 Å². The lowest BCUT2D eigenvalue weighted by atomic mass is 10.2. The third-order valence-corrected chi connectivity index (χ3v) is 2.90. The molecule has 0 atom stereocenters. The van der Waals surface area contributed by atoms with Gasteiger partial charge < -0.3 is 10.6 Å². The van der Waals surface area contributed by atoms with Gasteiger partial charge in [-0.1, -0.05) is 17.7 Å². The van der Waals surface area contributed by atoms with Crippen molar-refractivity contribution >= 4 is 34.7 Å². The number of halogens is 1. The van der Waals surface area contributed by atoms with Crippen molar-refractivity contribution in [2.45, 2.75) is 0 Å². The second kappa shape index (κ2) is 6.19. The Morgan fingerprint density at radius 1 is 1.38 bits per heavy atom. The van der Waals surface area contributed by atoms with Crippen molar-refractivity contribution in [1.29, 1.82) is 0 Å². The average molecular weight is 307 g/mol. The number of benzene rings is 1. The molecular formula is C13H11ClN4O3. The Bertz CT molecular complexity index is 706. The molecule has 0 radical (unpaired) electrons. The van der Waals surface area contributed by atoms with Gasteiger partial charge in [-0.2, -0.15) is 0 Å². The van der Waals surface area contributed by atoms with Gasteiger partial charge in [-0.25, -0.2) is 4.98 Å². The first-order chi connectivity index (χ1) is 10.0. The number of hydrogen-bond donors (Lipinski definition) is 2. The molecule has 108 valence electrons. The van der Waals surface area contributed by atoms with Gasteiger partial charge in [-0.05, 0) is 18.2 Å². The summed E-state index contributed by atoms with van der Waals surface area (Å²) >= 11 is 5.82. The molecule has 1 aromatic heterocycles. The summed E-state index contributed by atoms with van der Waals surface area (Å²) in [5.41, 5.74) is -0.00234. The van der Waals surface area contributed by atoms with Crippen LogP contribution in [0.25, 0.3) is 0 Å². The van der Waals surface area contributed by atoms with Crippen LogP contribution in [0.4, 0.5) is 17.2 Å². The van der Waals surface area contributed by atoms with Crippen molar-refractivity contribution in [3.8, 4) is 0 Å². The van der Waals surface area contributed by atoms with Crippen molar-refractivity contribution in [3.63, 3.8) is 0 Å². The lowest BCUT2D eigenvalue weighted by Crippen LogP contribution is -2.14. The molecule has 2 N–H and O–H groups in total. The number of nitrogens with one attached hydrogen (secondary N) is 2. The molecule has 0 saturated carbocycles. The van der Waals surface area contributed by atoms with Gasteiger partial charge in [0.05, 0.1) is 4.92 Å². The number of pyridine rings is 1. The fourth-order valence-electron chi connectivity index (χ4n) is 1.68. The van der Waals surface area contributed by atoms with Gasteiger partial charge >= 0.3 is 0 Å². The van der Waals surface area contributed by atoms with Crippen molar-refractivity contribution in [3.05, 3.63) is 57.2 Å². The zero-order valence-electron chi connectivity index (χ0n) is 11.0. The molecule has 1 heterocycles. The number of aromatic nitrogens is 1. The molecule has 0 aliphatic heterocycles. The summed E-state index contributed by atoms with van der Waals surface area (Å²) in [4.78, 5) is 26.4. The predicted octanol–water partition coefficient (Wildman–Crippen LogP) is 2.94. The van der Waals surface area contributed by atoms with Crippen LogP contribution in [0.5, 0.6) is 0 Å². The number of hydrogen-bond acceptors (Lipinski definition) is 5. The van der Waals surface area contributed by atoms with E-state index in [1.54, 1.807) is 31.3 Å². The third-order valence-electron chi connectivity index (χ3n) is 2.66. The van der Waals surface area contributed by atoms with Crippen LogP contribution < -0.4 is 10.6 Å². The van der Waals surface area contributed by atoms with E-state index >= 15 is 0 Å². The zero-order chi connectivity index (χ0) is 15.4. The average Bonchev–Trinajstić information content (AvgIpc) is 2.46. The van der Waals surface area contributed by atoms with Crippen molar-refractivity contribution in [2.75, 3.05) is 17.7 Å². The minimum Gasteiger partial charge on any atom is -0.373 e. The standard InChI is InChI=1S/C13H11ClN4O3/c1-15-12-6-10(11(7-16-12)18(20)21)13(19)17-9-4-2-3-8(14)5-9/h2-7H,1H3,(H,15,16)(H,17,19). The quantitative estimate of drug-likeness (QED) is 0.668. The number of carbonyl (C=O) groups excluding carboxylic acids is 1. The number of amides is 1. The van der Waals surface area contributed by atoms with Crippen LogP contribution in [-0.2, 0) is 0 Å². The first-order valence-corrected chi connectivity index (χ1v) is 6.28. The summed E-state index contributed by atoms with van der Waals surface area (Å²) in [6, 6.07) is 7.82. The van der Waals surface area contributed by atoms with Gasteiger partial charge in [0.25, 0.3) is 11.6 Å². The maximum absolute atomic E-state index is 12.2. The highest BCUT2D eigenvalue weighted by Crippen LogP contribution is 2.22. The number of rotatable bonds is 4. The topological polar surface area (TPSA) is 97.2 Å². The monoisotopic (exact) mass is 306 g/mol. The maximum atomic E-state index is 12.2. The van der Waals surface area contributed by atoms with E-state index in [0.29, 0.717) is 16.5 Å². The molecule has 8 heteroatoms. The van der Waals surface area contributed by atoms with Gasteiger partial charge in [-0.15, -0.1) is 0 Å². The first kappa shape index (κ1) is 14.7. The number of anilines is 2. The Hall–Kier alpha value is -2.67. The molecule has 0 unspecified atom stereocenters. The fraction of sp³-hybridized carbons (Fsp3) is 0.0769. The molecule has 1 aromatic carbocycles. The molecule has 1 amide bonds. The summed E-state index contributed by atoms with van der Waals surface area (Å²) in [5, 5.41) is 16.7. The Morgan fingerprint density at radius 3 is 2.76 bits per heavy atom. The van der Waals surface area contributed by atoms with E-state index in [-0.39, 0.29) is 11.3 Å². The summed E-state index contributed by atoms with van der Waals surface area (Å²) in [5.74, 6) is -0.250. The normalized spacial score (nSPS) is 10.0. The smallest absolute Gasteiger partial charge is 0.300 e. The highest BCUT2D eigenvalue weighted by atomic mass is 35.5. The van der Waals surface area contributed by atoms with Gasteiger partial charge in [0.2, 0.25) is 0 Å². The SMILES string of the molecule is CNc1cc(C(=O)Nc2cccc(Cl)c2)c([N+](=O)[O-])cn1. The summed E-state index contributed by atoms with van der Waals surface area (Å²) < 4.78 is 0. The molecule has 0 aliphatic carbocycles. The highest BCUT2D eigenvalue weighted by Gasteiger charge is 2.21. The molecule has 7 nitrogen and oxygen atoms in total. The first-order valence-electron chi connectivity index (χ1n) is 5.90. The van der Waals surface area contributed by atoms with Crippen LogP contribution in [0.1, 0.15) is 10.4 Å². The minimum absolute atomic E-state index is 0.0840. The number of carbonyl (C=O) groups is 1. The molecule has 0 fully saturated rings. The van der Waals surface area contributed by atoms with Crippen LogP contribution in [0, 0.1) is 10.1 Å². The van der Waals surface area contributed by atoms with Gasteiger partial charge in [-0.3, -0.25) is 14.9 Å². The van der Waals surface area contributed by atoms with E-state index in [2.05, 4.69) is 15.6 Å².